The Morgan fingerprint density at radius 1 is 1.33 bits per heavy atom. The molecule has 0 amide bonds. The first kappa shape index (κ1) is 9.58. The van der Waals surface area contributed by atoms with Gasteiger partial charge in [0.15, 0.2) is 0 Å². The van der Waals surface area contributed by atoms with Crippen LogP contribution in [0.1, 0.15) is 12.2 Å². The second kappa shape index (κ2) is 4.04. The summed E-state index contributed by atoms with van der Waals surface area (Å²) in [4.78, 5) is 28.7. The van der Waals surface area contributed by atoms with Crippen LogP contribution in [0.2, 0.25) is 0 Å². The summed E-state index contributed by atoms with van der Waals surface area (Å²) in [6, 6.07) is 7.14. The lowest BCUT2D eigenvalue weighted by Gasteiger charge is -2.00. The number of hydrogen-bond donors (Lipinski definition) is 1. The number of fused-ring (bicyclic) bond motifs is 1. The Morgan fingerprint density at radius 2 is 2.13 bits per heavy atom. The fourth-order valence-electron chi connectivity index (χ4n) is 1.45. The van der Waals surface area contributed by atoms with Crippen LogP contribution in [0.5, 0.6) is 0 Å². The first-order valence-corrected chi connectivity index (χ1v) is 4.73. The van der Waals surface area contributed by atoms with Crippen molar-refractivity contribution in [3.63, 3.8) is 0 Å². The van der Waals surface area contributed by atoms with Crippen molar-refractivity contribution in [3.8, 4) is 0 Å². The predicted octanol–water partition coefficient (Wildman–Crippen LogP) is 1.05. The first-order chi connectivity index (χ1) is 7.31. The number of carbonyl (C=O) groups is 1. The zero-order chi connectivity index (χ0) is 10.7. The standard InChI is InChI=1S/C11H10N2O2/c14-7-3-6-10-12-9-5-2-1-4-8(9)11(15)13-10/h1-2,4-5,7H,3,6H2,(H,12,13,15). The third kappa shape index (κ3) is 1.93. The molecule has 0 unspecified atom stereocenters. The van der Waals surface area contributed by atoms with Gasteiger partial charge in [-0.3, -0.25) is 4.79 Å². The van der Waals surface area contributed by atoms with Gasteiger partial charge in [0.2, 0.25) is 0 Å². The minimum Gasteiger partial charge on any atom is -0.310 e. The van der Waals surface area contributed by atoms with Gasteiger partial charge in [0.1, 0.15) is 12.1 Å². The topological polar surface area (TPSA) is 62.8 Å². The summed E-state index contributed by atoms with van der Waals surface area (Å²) in [6.45, 7) is 0. The van der Waals surface area contributed by atoms with Crippen LogP contribution in [0.3, 0.4) is 0 Å². The number of H-pyrrole nitrogens is 1. The van der Waals surface area contributed by atoms with Crippen molar-refractivity contribution < 1.29 is 4.79 Å². The van der Waals surface area contributed by atoms with Crippen LogP contribution in [-0.2, 0) is 11.2 Å². The van der Waals surface area contributed by atoms with Crippen molar-refractivity contribution in [2.45, 2.75) is 12.8 Å². The SMILES string of the molecule is O=CCCc1nc2ccccc2c(=O)[nH]1. The second-order valence-corrected chi connectivity index (χ2v) is 3.24. The van der Waals surface area contributed by atoms with Crippen molar-refractivity contribution in [2.24, 2.45) is 0 Å². The van der Waals surface area contributed by atoms with E-state index < -0.39 is 0 Å². The molecule has 2 aromatic rings. The number of hydrogen-bond acceptors (Lipinski definition) is 3. The summed E-state index contributed by atoms with van der Waals surface area (Å²) in [5.41, 5.74) is 0.517. The van der Waals surface area contributed by atoms with Crippen LogP contribution in [-0.4, -0.2) is 16.3 Å². The summed E-state index contributed by atoms with van der Waals surface area (Å²) in [7, 11) is 0. The highest BCUT2D eigenvalue weighted by Gasteiger charge is 2.01. The van der Waals surface area contributed by atoms with Gasteiger partial charge in [-0.05, 0) is 12.1 Å². The van der Waals surface area contributed by atoms with Crippen LogP contribution >= 0.6 is 0 Å². The van der Waals surface area contributed by atoms with Crippen LogP contribution in [0.25, 0.3) is 10.9 Å². The van der Waals surface area contributed by atoms with Gasteiger partial charge in [0, 0.05) is 12.8 Å². The van der Waals surface area contributed by atoms with E-state index in [0.717, 1.165) is 6.29 Å². The quantitative estimate of drug-likeness (QED) is 0.757. The van der Waals surface area contributed by atoms with Crippen molar-refractivity contribution in [3.05, 3.63) is 40.4 Å². The molecule has 15 heavy (non-hydrogen) atoms. The van der Waals surface area contributed by atoms with E-state index in [2.05, 4.69) is 9.97 Å². The van der Waals surface area contributed by atoms with Gasteiger partial charge in [-0.2, -0.15) is 0 Å². The molecule has 0 radical (unpaired) electrons. The monoisotopic (exact) mass is 202 g/mol. The molecule has 1 N–H and O–H groups in total. The first-order valence-electron chi connectivity index (χ1n) is 4.73. The maximum Gasteiger partial charge on any atom is 0.258 e. The Bertz CT molecular complexity index is 546. The van der Waals surface area contributed by atoms with E-state index in [9.17, 15) is 9.59 Å². The minimum absolute atomic E-state index is 0.151. The molecule has 0 saturated heterocycles. The summed E-state index contributed by atoms with van der Waals surface area (Å²) in [5, 5.41) is 0.576. The van der Waals surface area contributed by atoms with Crippen LogP contribution in [0.4, 0.5) is 0 Å². The summed E-state index contributed by atoms with van der Waals surface area (Å²) in [5.74, 6) is 0.561. The zero-order valence-electron chi connectivity index (χ0n) is 8.06. The molecule has 0 bridgehead atoms. The lowest BCUT2D eigenvalue weighted by molar-refractivity contribution is -0.107. The Morgan fingerprint density at radius 3 is 2.93 bits per heavy atom. The third-order valence-electron chi connectivity index (χ3n) is 2.16. The minimum atomic E-state index is -0.151. The van der Waals surface area contributed by atoms with E-state index in [1.807, 2.05) is 6.07 Å². The Balaban J connectivity index is 2.52. The number of aryl methyl sites for hydroxylation is 1. The van der Waals surface area contributed by atoms with Crippen molar-refractivity contribution in [1.29, 1.82) is 0 Å². The molecule has 0 aliphatic rings. The van der Waals surface area contributed by atoms with Gasteiger partial charge < -0.3 is 9.78 Å². The number of rotatable bonds is 3. The fraction of sp³-hybridized carbons (Fsp3) is 0.182. The lowest BCUT2D eigenvalue weighted by Crippen LogP contribution is -2.11. The van der Waals surface area contributed by atoms with Crippen molar-refractivity contribution in [1.82, 2.24) is 9.97 Å². The van der Waals surface area contributed by atoms with E-state index >= 15 is 0 Å². The second-order valence-electron chi connectivity index (χ2n) is 3.24. The van der Waals surface area contributed by atoms with E-state index in [-0.39, 0.29) is 5.56 Å². The Kier molecular flexibility index (Phi) is 2.58. The van der Waals surface area contributed by atoms with Crippen molar-refractivity contribution in [2.75, 3.05) is 0 Å². The molecule has 0 atom stereocenters. The number of carbonyl (C=O) groups excluding carboxylic acids is 1. The fourth-order valence-corrected chi connectivity index (χ4v) is 1.45. The predicted molar refractivity (Wildman–Crippen MR) is 56.7 cm³/mol. The molecule has 0 aliphatic carbocycles. The number of aromatic amines is 1. The van der Waals surface area contributed by atoms with Gasteiger partial charge in [-0.1, -0.05) is 12.1 Å². The number of aromatic nitrogens is 2. The third-order valence-corrected chi connectivity index (χ3v) is 2.16. The Hall–Kier alpha value is -1.97. The van der Waals surface area contributed by atoms with Gasteiger partial charge in [0.05, 0.1) is 10.9 Å². The molecule has 0 saturated carbocycles. The highest BCUT2D eigenvalue weighted by Crippen LogP contribution is 2.05. The highest BCUT2D eigenvalue weighted by molar-refractivity contribution is 5.77. The molecular formula is C11H10N2O2. The van der Waals surface area contributed by atoms with Crippen LogP contribution in [0, 0.1) is 0 Å². The molecule has 0 spiro atoms. The van der Waals surface area contributed by atoms with Gasteiger partial charge in [-0.25, -0.2) is 4.98 Å². The summed E-state index contributed by atoms with van der Waals surface area (Å²) < 4.78 is 0. The number of nitrogens with zero attached hydrogens (tertiary/aromatic N) is 1. The van der Waals surface area contributed by atoms with Gasteiger partial charge in [-0.15, -0.1) is 0 Å². The molecule has 4 heteroatoms. The molecule has 1 aromatic carbocycles. The molecule has 76 valence electrons. The molecule has 1 aromatic heterocycles. The van der Waals surface area contributed by atoms with E-state index in [4.69, 9.17) is 0 Å². The molecule has 0 fully saturated rings. The van der Waals surface area contributed by atoms with Crippen LogP contribution < -0.4 is 5.56 Å². The Labute approximate surface area is 86.0 Å². The van der Waals surface area contributed by atoms with Gasteiger partial charge in [0.25, 0.3) is 5.56 Å². The molecule has 0 aliphatic heterocycles. The average molecular weight is 202 g/mol. The number of aldehydes is 1. The summed E-state index contributed by atoms with van der Waals surface area (Å²) in [6.07, 6.45) is 1.67. The molecule has 4 nitrogen and oxygen atoms in total. The lowest BCUT2D eigenvalue weighted by atomic mass is 10.2. The van der Waals surface area contributed by atoms with Crippen LogP contribution in [0.15, 0.2) is 29.1 Å². The highest BCUT2D eigenvalue weighted by atomic mass is 16.1. The largest absolute Gasteiger partial charge is 0.310 e. The smallest absolute Gasteiger partial charge is 0.258 e. The van der Waals surface area contributed by atoms with E-state index in [0.29, 0.717) is 29.6 Å². The van der Waals surface area contributed by atoms with Crippen molar-refractivity contribution >= 4 is 17.2 Å². The molecular weight excluding hydrogens is 192 g/mol. The van der Waals surface area contributed by atoms with E-state index in [1.54, 1.807) is 18.2 Å². The molecule has 1 heterocycles. The number of para-hydroxylation sites is 1. The van der Waals surface area contributed by atoms with E-state index in [1.165, 1.54) is 0 Å². The molecule has 2 rings (SSSR count). The maximum absolute atomic E-state index is 11.6. The summed E-state index contributed by atoms with van der Waals surface area (Å²) >= 11 is 0. The number of benzene rings is 1. The van der Waals surface area contributed by atoms with Gasteiger partial charge >= 0.3 is 0 Å². The normalized spacial score (nSPS) is 10.4. The number of nitrogens with one attached hydrogen (secondary N) is 1. The average Bonchev–Trinajstić information content (AvgIpc) is 2.26. The maximum atomic E-state index is 11.6. The zero-order valence-corrected chi connectivity index (χ0v) is 8.06.